The summed E-state index contributed by atoms with van der Waals surface area (Å²) in [6, 6.07) is 15.6. The van der Waals surface area contributed by atoms with Gasteiger partial charge in [-0.05, 0) is 52.3 Å². The Bertz CT molecular complexity index is 1050. The second kappa shape index (κ2) is 9.96. The predicted octanol–water partition coefficient (Wildman–Crippen LogP) is 4.68. The second-order valence-corrected chi connectivity index (χ2v) is 8.64. The molecule has 0 bridgehead atoms. The van der Waals surface area contributed by atoms with E-state index in [0.717, 1.165) is 36.4 Å². The normalized spacial score (nSPS) is 16.8. The second-order valence-electron chi connectivity index (χ2n) is 8.64. The number of anilines is 1. The van der Waals surface area contributed by atoms with Crippen molar-refractivity contribution >= 4 is 11.6 Å². The van der Waals surface area contributed by atoms with Crippen molar-refractivity contribution in [3.05, 3.63) is 60.0 Å². The number of hydrogen-bond acceptors (Lipinski definition) is 6. The third kappa shape index (κ3) is 5.73. The zero-order chi connectivity index (χ0) is 22.5. The zero-order valence-electron chi connectivity index (χ0n) is 18.9. The highest BCUT2D eigenvalue weighted by atomic mass is 16.5. The van der Waals surface area contributed by atoms with E-state index in [2.05, 4.69) is 20.4 Å². The van der Waals surface area contributed by atoms with Gasteiger partial charge in [0.25, 0.3) is 0 Å². The summed E-state index contributed by atoms with van der Waals surface area (Å²) in [6.07, 6.45) is 1.90. The molecule has 0 aliphatic carbocycles. The Hall–Kier alpha value is -3.19. The molecule has 1 N–H and O–H groups in total. The molecule has 4 rings (SSSR count). The minimum absolute atomic E-state index is 0.0299. The number of ether oxygens (including phenoxy) is 1. The minimum Gasteiger partial charge on any atom is -0.491 e. The number of carbonyl (C=O) groups excluding carboxylic acids is 1. The van der Waals surface area contributed by atoms with Crippen LogP contribution in [0.5, 0.6) is 5.75 Å². The molecule has 168 valence electrons. The Morgan fingerprint density at radius 2 is 2.06 bits per heavy atom. The van der Waals surface area contributed by atoms with Gasteiger partial charge in [-0.3, -0.25) is 9.69 Å². The van der Waals surface area contributed by atoms with Crippen LogP contribution in [0.1, 0.15) is 38.1 Å². The lowest BCUT2D eigenvalue weighted by molar-refractivity contribution is -0.121. The summed E-state index contributed by atoms with van der Waals surface area (Å²) in [5.41, 5.74) is 2.88. The molecule has 7 nitrogen and oxygen atoms in total. The molecular formula is C25H30N4O3. The van der Waals surface area contributed by atoms with Gasteiger partial charge in [-0.25, -0.2) is 0 Å². The molecule has 1 saturated heterocycles. The summed E-state index contributed by atoms with van der Waals surface area (Å²) in [4.78, 5) is 19.6. The number of nitrogens with zero attached hydrogens (tertiary/aromatic N) is 3. The van der Waals surface area contributed by atoms with Crippen LogP contribution >= 0.6 is 0 Å². The van der Waals surface area contributed by atoms with Crippen molar-refractivity contribution in [1.29, 1.82) is 0 Å². The van der Waals surface area contributed by atoms with Crippen LogP contribution in [0.25, 0.3) is 11.4 Å². The van der Waals surface area contributed by atoms with Crippen molar-refractivity contribution in [2.75, 3.05) is 18.4 Å². The van der Waals surface area contributed by atoms with Gasteiger partial charge in [-0.15, -0.1) is 0 Å². The van der Waals surface area contributed by atoms with Gasteiger partial charge in [-0.1, -0.05) is 41.1 Å². The van der Waals surface area contributed by atoms with E-state index < -0.39 is 0 Å². The topological polar surface area (TPSA) is 80.5 Å². The van der Waals surface area contributed by atoms with Crippen molar-refractivity contribution in [2.24, 2.45) is 5.92 Å². The van der Waals surface area contributed by atoms with E-state index >= 15 is 0 Å². The molecular weight excluding hydrogens is 404 g/mol. The highest BCUT2D eigenvalue weighted by Gasteiger charge is 2.27. The lowest BCUT2D eigenvalue weighted by Gasteiger charge is -2.30. The number of likely N-dealkylation sites (tertiary alicyclic amines) is 1. The van der Waals surface area contributed by atoms with E-state index in [0.29, 0.717) is 24.8 Å². The maximum absolute atomic E-state index is 12.9. The smallest absolute Gasteiger partial charge is 0.241 e. The number of nitrogens with one attached hydrogen (secondary N) is 1. The molecule has 1 aromatic heterocycles. The van der Waals surface area contributed by atoms with E-state index in [-0.39, 0.29) is 17.9 Å². The number of aryl methyl sites for hydroxylation is 1. The van der Waals surface area contributed by atoms with E-state index in [4.69, 9.17) is 9.26 Å². The first-order valence-electron chi connectivity index (χ1n) is 11.2. The fourth-order valence-corrected chi connectivity index (χ4v) is 3.91. The van der Waals surface area contributed by atoms with E-state index in [9.17, 15) is 4.79 Å². The molecule has 1 fully saturated rings. The lowest BCUT2D eigenvalue weighted by Crippen LogP contribution is -2.40. The van der Waals surface area contributed by atoms with Crippen LogP contribution in [0.4, 0.5) is 5.69 Å². The highest BCUT2D eigenvalue weighted by Crippen LogP contribution is 2.23. The molecule has 0 radical (unpaired) electrons. The molecule has 3 aromatic rings. The van der Waals surface area contributed by atoms with Gasteiger partial charge < -0.3 is 14.6 Å². The SMILES string of the molecule is Cc1ccc(-c2noc(CN3CCCC(C(=O)Nc4cccc(OC(C)C)c4)C3)n2)cc1. The molecule has 7 heteroatoms. The van der Waals surface area contributed by atoms with Crippen molar-refractivity contribution in [2.45, 2.75) is 46.3 Å². The number of carbonyl (C=O) groups is 1. The number of aromatic nitrogens is 2. The summed E-state index contributed by atoms with van der Waals surface area (Å²) in [5, 5.41) is 7.16. The van der Waals surface area contributed by atoms with Crippen LogP contribution in [-0.4, -0.2) is 40.1 Å². The van der Waals surface area contributed by atoms with Crippen LogP contribution in [0.3, 0.4) is 0 Å². The van der Waals surface area contributed by atoms with Crippen LogP contribution in [-0.2, 0) is 11.3 Å². The monoisotopic (exact) mass is 434 g/mol. The van der Waals surface area contributed by atoms with Gasteiger partial charge in [-0.2, -0.15) is 4.98 Å². The van der Waals surface area contributed by atoms with Gasteiger partial charge in [0.15, 0.2) is 0 Å². The van der Waals surface area contributed by atoms with Crippen LogP contribution in [0.2, 0.25) is 0 Å². The quantitative estimate of drug-likeness (QED) is 0.581. The molecule has 32 heavy (non-hydrogen) atoms. The molecule has 1 aliphatic rings. The Morgan fingerprint density at radius 3 is 2.84 bits per heavy atom. The Balaban J connectivity index is 1.34. The average molecular weight is 435 g/mol. The summed E-state index contributed by atoms with van der Waals surface area (Å²) < 4.78 is 11.2. The fourth-order valence-electron chi connectivity index (χ4n) is 3.91. The Kier molecular flexibility index (Phi) is 6.85. The minimum atomic E-state index is -0.0853. The van der Waals surface area contributed by atoms with Crippen molar-refractivity contribution in [1.82, 2.24) is 15.0 Å². The number of amides is 1. The number of hydrogen-bond donors (Lipinski definition) is 1. The molecule has 0 spiro atoms. The highest BCUT2D eigenvalue weighted by molar-refractivity contribution is 5.92. The van der Waals surface area contributed by atoms with Crippen LogP contribution < -0.4 is 10.1 Å². The summed E-state index contributed by atoms with van der Waals surface area (Å²) in [5.74, 6) is 1.86. The third-order valence-electron chi connectivity index (χ3n) is 5.49. The van der Waals surface area contributed by atoms with Gasteiger partial charge >= 0.3 is 0 Å². The third-order valence-corrected chi connectivity index (χ3v) is 5.49. The lowest BCUT2D eigenvalue weighted by atomic mass is 9.97. The van der Waals surface area contributed by atoms with Crippen molar-refractivity contribution in [3.8, 4) is 17.1 Å². The summed E-state index contributed by atoms with van der Waals surface area (Å²) in [7, 11) is 0. The van der Waals surface area contributed by atoms with E-state index in [1.54, 1.807) is 0 Å². The first-order chi connectivity index (χ1) is 15.5. The maximum Gasteiger partial charge on any atom is 0.241 e. The first-order valence-corrected chi connectivity index (χ1v) is 11.2. The van der Waals surface area contributed by atoms with E-state index in [1.807, 2.05) is 69.3 Å². The maximum atomic E-state index is 12.9. The van der Waals surface area contributed by atoms with Crippen molar-refractivity contribution < 1.29 is 14.1 Å². The van der Waals surface area contributed by atoms with Crippen LogP contribution in [0.15, 0.2) is 53.1 Å². The molecule has 2 heterocycles. The van der Waals surface area contributed by atoms with E-state index in [1.165, 1.54) is 5.56 Å². The fraction of sp³-hybridized carbons (Fsp3) is 0.400. The largest absolute Gasteiger partial charge is 0.491 e. The standard InChI is InChI=1S/C25H30N4O3/c1-17(2)31-22-8-4-7-21(14-22)26-25(30)20-6-5-13-29(15-20)16-23-27-24(28-32-23)19-11-9-18(3)10-12-19/h4,7-12,14,17,20H,5-6,13,15-16H2,1-3H3,(H,26,30). The van der Waals surface area contributed by atoms with Gasteiger partial charge in [0.1, 0.15) is 5.75 Å². The molecule has 1 unspecified atom stereocenters. The Morgan fingerprint density at radius 1 is 1.25 bits per heavy atom. The van der Waals surface area contributed by atoms with Gasteiger partial charge in [0.05, 0.1) is 18.6 Å². The molecule has 1 aliphatic heterocycles. The molecule has 1 atom stereocenters. The predicted molar refractivity (Wildman–Crippen MR) is 123 cm³/mol. The van der Waals surface area contributed by atoms with Crippen molar-refractivity contribution in [3.63, 3.8) is 0 Å². The first kappa shape index (κ1) is 22.0. The molecule has 1 amide bonds. The average Bonchev–Trinajstić information content (AvgIpc) is 3.22. The molecule has 2 aromatic carbocycles. The van der Waals surface area contributed by atoms with Crippen LogP contribution in [0, 0.1) is 12.8 Å². The molecule has 0 saturated carbocycles. The summed E-state index contributed by atoms with van der Waals surface area (Å²) in [6.45, 7) is 8.12. The Labute approximate surface area is 188 Å². The number of piperidine rings is 1. The summed E-state index contributed by atoms with van der Waals surface area (Å²) >= 11 is 0. The van der Waals surface area contributed by atoms with Gasteiger partial charge in [0.2, 0.25) is 17.6 Å². The zero-order valence-corrected chi connectivity index (χ0v) is 18.9. The number of rotatable bonds is 7. The van der Waals surface area contributed by atoms with Gasteiger partial charge in [0, 0.05) is 23.9 Å². The number of benzene rings is 2.